The number of aliphatic hydroxyl groups is 1. The lowest BCUT2D eigenvalue weighted by Crippen LogP contribution is -2.41. The second-order valence-corrected chi connectivity index (χ2v) is 3.05. The first-order valence-electron chi connectivity index (χ1n) is 4.44. The normalized spacial score (nSPS) is 15.1. The summed E-state index contributed by atoms with van der Waals surface area (Å²) in [5.74, 6) is -1.03. The fourth-order valence-corrected chi connectivity index (χ4v) is 0.889. The molecule has 0 bridgehead atoms. The van der Waals surface area contributed by atoms with Gasteiger partial charge in [0.25, 0.3) is 0 Å². The van der Waals surface area contributed by atoms with Crippen LogP contribution in [-0.2, 0) is 9.53 Å². The summed E-state index contributed by atoms with van der Waals surface area (Å²) < 4.78 is 4.72. The summed E-state index contributed by atoms with van der Waals surface area (Å²) in [4.78, 5) is 10.3. The number of methoxy groups -OCH3 is 1. The summed E-state index contributed by atoms with van der Waals surface area (Å²) in [5, 5.41) is 20.5. The number of hydrogen-bond donors (Lipinski definition) is 4. The van der Waals surface area contributed by atoms with Crippen molar-refractivity contribution in [2.24, 2.45) is 5.73 Å². The Morgan fingerprint density at radius 3 is 2.79 bits per heavy atom. The molecule has 2 unspecified atom stereocenters. The number of carbonyl (C=O) groups is 1. The largest absolute Gasteiger partial charge is 0.480 e. The Hall–Kier alpha value is -0.690. The predicted octanol–water partition coefficient (Wildman–Crippen LogP) is -1.61. The van der Waals surface area contributed by atoms with E-state index < -0.39 is 18.1 Å². The molecule has 0 amide bonds. The SMILES string of the molecule is COCC(O)CCNCC(N)C(=O)O. The van der Waals surface area contributed by atoms with Gasteiger partial charge in [-0.3, -0.25) is 4.79 Å². The molecule has 0 aromatic rings. The molecule has 0 rings (SSSR count). The summed E-state index contributed by atoms with van der Waals surface area (Å²) in [6, 6.07) is -0.894. The standard InChI is InChI=1S/C8H18N2O4/c1-14-5-6(11)2-3-10-4-7(9)8(12)13/h6-7,10-11H,2-5,9H2,1H3,(H,12,13). The number of nitrogens with one attached hydrogen (secondary N) is 1. The van der Waals surface area contributed by atoms with Crippen LogP contribution < -0.4 is 11.1 Å². The summed E-state index contributed by atoms with van der Waals surface area (Å²) >= 11 is 0. The van der Waals surface area contributed by atoms with Gasteiger partial charge in [0, 0.05) is 13.7 Å². The highest BCUT2D eigenvalue weighted by molar-refractivity contribution is 5.73. The van der Waals surface area contributed by atoms with E-state index in [4.69, 9.17) is 15.6 Å². The fraction of sp³-hybridized carbons (Fsp3) is 0.875. The zero-order valence-electron chi connectivity index (χ0n) is 8.27. The van der Waals surface area contributed by atoms with Gasteiger partial charge in [0.2, 0.25) is 0 Å². The van der Waals surface area contributed by atoms with Crippen molar-refractivity contribution in [3.63, 3.8) is 0 Å². The van der Waals surface area contributed by atoms with Gasteiger partial charge in [-0.05, 0) is 13.0 Å². The Morgan fingerprint density at radius 1 is 1.64 bits per heavy atom. The lowest BCUT2D eigenvalue weighted by Gasteiger charge is -2.11. The van der Waals surface area contributed by atoms with Gasteiger partial charge in [-0.25, -0.2) is 0 Å². The van der Waals surface area contributed by atoms with Crippen LogP contribution in [0.3, 0.4) is 0 Å². The third-order valence-corrected chi connectivity index (χ3v) is 1.69. The van der Waals surface area contributed by atoms with Crippen molar-refractivity contribution in [1.29, 1.82) is 0 Å². The van der Waals surface area contributed by atoms with Crippen LogP contribution in [0.2, 0.25) is 0 Å². The summed E-state index contributed by atoms with van der Waals surface area (Å²) in [7, 11) is 1.51. The van der Waals surface area contributed by atoms with Crippen LogP contribution in [0, 0.1) is 0 Å². The van der Waals surface area contributed by atoms with E-state index in [0.717, 1.165) is 0 Å². The van der Waals surface area contributed by atoms with Gasteiger partial charge in [0.15, 0.2) is 0 Å². The number of ether oxygens (including phenoxy) is 1. The number of nitrogens with two attached hydrogens (primary N) is 1. The number of carboxylic acids is 1. The van der Waals surface area contributed by atoms with Gasteiger partial charge in [0.1, 0.15) is 6.04 Å². The Bertz CT molecular complexity index is 165. The number of aliphatic hydroxyl groups excluding tert-OH is 1. The minimum Gasteiger partial charge on any atom is -0.480 e. The molecule has 6 heteroatoms. The molecule has 0 radical (unpaired) electrons. The van der Waals surface area contributed by atoms with Crippen LogP contribution in [0.1, 0.15) is 6.42 Å². The van der Waals surface area contributed by atoms with Crippen molar-refractivity contribution < 1.29 is 19.7 Å². The van der Waals surface area contributed by atoms with E-state index in [2.05, 4.69) is 5.32 Å². The molecule has 0 aromatic carbocycles. The summed E-state index contributed by atoms with van der Waals surface area (Å²) in [6.45, 7) is 1.01. The van der Waals surface area contributed by atoms with Crippen LogP contribution in [0.4, 0.5) is 0 Å². The van der Waals surface area contributed by atoms with E-state index in [1.165, 1.54) is 7.11 Å². The van der Waals surface area contributed by atoms with Crippen LogP contribution in [0.15, 0.2) is 0 Å². The van der Waals surface area contributed by atoms with Gasteiger partial charge in [-0.2, -0.15) is 0 Å². The summed E-state index contributed by atoms with van der Waals surface area (Å²) in [6.07, 6.45) is -0.00579. The zero-order valence-corrected chi connectivity index (χ0v) is 8.27. The molecule has 2 atom stereocenters. The smallest absolute Gasteiger partial charge is 0.321 e. The third kappa shape index (κ3) is 6.79. The number of hydrogen-bond acceptors (Lipinski definition) is 5. The third-order valence-electron chi connectivity index (χ3n) is 1.69. The van der Waals surface area contributed by atoms with Crippen molar-refractivity contribution in [1.82, 2.24) is 5.32 Å². The second-order valence-electron chi connectivity index (χ2n) is 3.05. The lowest BCUT2D eigenvalue weighted by atomic mass is 10.2. The maximum Gasteiger partial charge on any atom is 0.321 e. The Balaban J connectivity index is 3.33. The van der Waals surface area contributed by atoms with Crippen molar-refractivity contribution >= 4 is 5.97 Å². The highest BCUT2D eigenvalue weighted by atomic mass is 16.5. The predicted molar refractivity (Wildman–Crippen MR) is 51.0 cm³/mol. The maximum atomic E-state index is 10.3. The molecule has 5 N–H and O–H groups in total. The molecule has 0 heterocycles. The molecule has 0 fully saturated rings. The summed E-state index contributed by atoms with van der Waals surface area (Å²) in [5.41, 5.74) is 5.24. The first-order chi connectivity index (χ1) is 6.57. The molecule has 84 valence electrons. The molecule has 0 spiro atoms. The zero-order chi connectivity index (χ0) is 11.0. The van der Waals surface area contributed by atoms with Crippen molar-refractivity contribution in [3.05, 3.63) is 0 Å². The molecule has 14 heavy (non-hydrogen) atoms. The van der Waals surface area contributed by atoms with Gasteiger partial charge in [-0.15, -0.1) is 0 Å². The van der Waals surface area contributed by atoms with Gasteiger partial charge in [0.05, 0.1) is 12.7 Å². The lowest BCUT2D eigenvalue weighted by molar-refractivity contribution is -0.138. The fourth-order valence-electron chi connectivity index (χ4n) is 0.889. The van der Waals surface area contributed by atoms with Crippen LogP contribution in [0.25, 0.3) is 0 Å². The topological polar surface area (TPSA) is 105 Å². The van der Waals surface area contributed by atoms with Crippen LogP contribution >= 0.6 is 0 Å². The van der Waals surface area contributed by atoms with Gasteiger partial charge < -0.3 is 26.0 Å². The average molecular weight is 206 g/mol. The van der Waals surface area contributed by atoms with Crippen molar-refractivity contribution in [3.8, 4) is 0 Å². The molecular weight excluding hydrogens is 188 g/mol. The monoisotopic (exact) mass is 206 g/mol. The second kappa shape index (κ2) is 7.69. The first kappa shape index (κ1) is 13.3. The molecule has 0 saturated heterocycles. The Kier molecular flexibility index (Phi) is 7.31. The molecule has 0 saturated carbocycles. The molecule has 6 nitrogen and oxygen atoms in total. The van der Waals surface area contributed by atoms with Gasteiger partial charge >= 0.3 is 5.97 Å². The molecular formula is C8H18N2O4. The highest BCUT2D eigenvalue weighted by Gasteiger charge is 2.10. The quantitative estimate of drug-likeness (QED) is 0.356. The van der Waals surface area contributed by atoms with Crippen molar-refractivity contribution in [2.45, 2.75) is 18.6 Å². The number of carboxylic acid groups (broad SMARTS) is 1. The minimum atomic E-state index is -1.03. The van der Waals surface area contributed by atoms with E-state index >= 15 is 0 Å². The maximum absolute atomic E-state index is 10.3. The first-order valence-corrected chi connectivity index (χ1v) is 4.44. The van der Waals surface area contributed by atoms with E-state index in [-0.39, 0.29) is 13.2 Å². The average Bonchev–Trinajstić information content (AvgIpc) is 2.12. The molecule has 0 aliphatic carbocycles. The van der Waals surface area contributed by atoms with E-state index in [1.54, 1.807) is 0 Å². The number of aliphatic carboxylic acids is 1. The molecule has 0 aliphatic heterocycles. The Morgan fingerprint density at radius 2 is 2.29 bits per heavy atom. The van der Waals surface area contributed by atoms with E-state index in [0.29, 0.717) is 13.0 Å². The highest BCUT2D eigenvalue weighted by Crippen LogP contribution is 1.89. The molecule has 0 aromatic heterocycles. The van der Waals surface area contributed by atoms with E-state index in [1.807, 2.05) is 0 Å². The van der Waals surface area contributed by atoms with Crippen LogP contribution in [0.5, 0.6) is 0 Å². The van der Waals surface area contributed by atoms with E-state index in [9.17, 15) is 9.90 Å². The van der Waals surface area contributed by atoms with Crippen LogP contribution in [-0.4, -0.2) is 55.1 Å². The molecule has 0 aliphatic rings. The van der Waals surface area contributed by atoms with Crippen molar-refractivity contribution in [2.75, 3.05) is 26.8 Å². The minimum absolute atomic E-state index is 0.203. The van der Waals surface area contributed by atoms with Gasteiger partial charge in [-0.1, -0.05) is 0 Å². The number of rotatable bonds is 8. The Labute approximate surface area is 83.0 Å².